The number of phenols is 1. The van der Waals surface area contributed by atoms with Crippen molar-refractivity contribution in [3.63, 3.8) is 0 Å². The van der Waals surface area contributed by atoms with E-state index in [1.807, 2.05) is 24.4 Å². The van der Waals surface area contributed by atoms with Crippen LogP contribution in [0.3, 0.4) is 0 Å². The summed E-state index contributed by atoms with van der Waals surface area (Å²) in [5.74, 6) is -0.309. The molecule has 0 radical (unpaired) electrons. The summed E-state index contributed by atoms with van der Waals surface area (Å²) in [6, 6.07) is 9.42. The first kappa shape index (κ1) is 41.1. The van der Waals surface area contributed by atoms with E-state index in [1.54, 1.807) is 12.1 Å². The second-order valence-electron chi connectivity index (χ2n) is 17.6. The number of carbonyl (C=O) groups is 1. The minimum absolute atomic E-state index is 0.0413. The molecule has 0 spiro atoms. The van der Waals surface area contributed by atoms with E-state index in [0.717, 1.165) is 74.6 Å². The number of aromatic amines is 1. The number of fused-ring (bicyclic) bond motifs is 1. The van der Waals surface area contributed by atoms with Gasteiger partial charge in [-0.1, -0.05) is 75.8 Å². The van der Waals surface area contributed by atoms with Crippen molar-refractivity contribution in [1.82, 2.24) is 10.3 Å². The molecule has 2 saturated carbocycles. The Bertz CT molecular complexity index is 1630. The zero-order valence-corrected chi connectivity index (χ0v) is 32.9. The van der Waals surface area contributed by atoms with Crippen molar-refractivity contribution < 1.29 is 30.3 Å². The standard InChI is InChI=1S/C46H67N3O6/c1-2-3-5-8-30-11-14-34(42(51)24-30)9-6-4-7-10-40(45(53)54)44(52)35-15-18-41-36(22-32-19-20-48-43(47)25-32)26-37(46(41,55)28-35)27-38-23-33(29-49-38)21-31-12-16-39(50)17-13-31/h11-14,16-17,19,23,25,29-30,34-37,40-42,44,48-52,55H,2-10,15,18,20-22,24,26-28,47H2,1H3,(H,53,54). The number of carboxylic acids is 1. The lowest BCUT2D eigenvalue weighted by Crippen LogP contribution is -2.50. The van der Waals surface area contributed by atoms with Crippen LogP contribution in [0.5, 0.6) is 5.75 Å². The maximum absolute atomic E-state index is 12.8. The summed E-state index contributed by atoms with van der Waals surface area (Å²) in [7, 11) is 0. The number of phenolic OH excluding ortho intramolecular Hbond substituents is 1. The van der Waals surface area contributed by atoms with Gasteiger partial charge in [-0.3, -0.25) is 4.79 Å². The first-order valence-electron chi connectivity index (χ1n) is 21.4. The topological polar surface area (TPSA) is 172 Å². The Labute approximate surface area is 328 Å². The third-order valence-corrected chi connectivity index (χ3v) is 13.7. The van der Waals surface area contributed by atoms with Crippen LogP contribution < -0.4 is 11.1 Å². The van der Waals surface area contributed by atoms with Gasteiger partial charge >= 0.3 is 5.97 Å². The molecule has 2 fully saturated rings. The van der Waals surface area contributed by atoms with E-state index < -0.39 is 23.6 Å². The van der Waals surface area contributed by atoms with Crippen LogP contribution in [0.1, 0.15) is 120 Å². The summed E-state index contributed by atoms with van der Waals surface area (Å²) >= 11 is 0. The number of rotatable bonds is 19. The van der Waals surface area contributed by atoms with Crippen molar-refractivity contribution >= 4 is 5.97 Å². The van der Waals surface area contributed by atoms with Gasteiger partial charge in [-0.2, -0.15) is 0 Å². The van der Waals surface area contributed by atoms with E-state index in [9.17, 15) is 30.3 Å². The van der Waals surface area contributed by atoms with E-state index in [2.05, 4.69) is 41.5 Å². The molecular formula is C46H67N3O6. The molecule has 1 aromatic carbocycles. The first-order chi connectivity index (χ1) is 26.5. The predicted molar refractivity (Wildman–Crippen MR) is 217 cm³/mol. The van der Waals surface area contributed by atoms with Crippen molar-refractivity contribution in [2.75, 3.05) is 6.54 Å². The molecule has 2 aromatic rings. The molecule has 0 bridgehead atoms. The number of hydrogen-bond donors (Lipinski definition) is 8. The molecule has 10 unspecified atom stereocenters. The Hall–Kier alpha value is -3.53. The molecule has 1 aliphatic heterocycles. The van der Waals surface area contributed by atoms with E-state index >= 15 is 0 Å². The minimum Gasteiger partial charge on any atom is -0.508 e. The monoisotopic (exact) mass is 758 g/mol. The van der Waals surface area contributed by atoms with Gasteiger partial charge < -0.3 is 41.6 Å². The second-order valence-corrected chi connectivity index (χ2v) is 17.6. The van der Waals surface area contributed by atoms with Gasteiger partial charge in [0.05, 0.1) is 29.5 Å². The molecule has 9 nitrogen and oxygen atoms in total. The highest BCUT2D eigenvalue weighted by Gasteiger charge is 2.57. The minimum atomic E-state index is -1.02. The largest absolute Gasteiger partial charge is 0.508 e. The van der Waals surface area contributed by atoms with Crippen LogP contribution in [0, 0.1) is 41.4 Å². The molecule has 55 heavy (non-hydrogen) atoms. The molecule has 302 valence electrons. The number of aliphatic carboxylic acids is 1. The molecule has 2 heterocycles. The molecule has 3 aliphatic carbocycles. The van der Waals surface area contributed by atoms with Crippen LogP contribution >= 0.6 is 0 Å². The zero-order chi connectivity index (χ0) is 39.0. The number of nitrogens with two attached hydrogens (primary N) is 1. The maximum Gasteiger partial charge on any atom is 0.309 e. The van der Waals surface area contributed by atoms with Gasteiger partial charge in [-0.05, 0) is 141 Å². The molecule has 1 aromatic heterocycles. The number of nitrogens with one attached hydrogen (secondary N) is 2. The Morgan fingerprint density at radius 1 is 1.00 bits per heavy atom. The Kier molecular flexibility index (Phi) is 14.3. The molecule has 9 heteroatoms. The van der Waals surface area contributed by atoms with Gasteiger partial charge in [-0.15, -0.1) is 0 Å². The fourth-order valence-electron chi connectivity index (χ4n) is 10.7. The summed E-state index contributed by atoms with van der Waals surface area (Å²) in [6.07, 6.45) is 23.8. The molecule has 0 amide bonds. The summed E-state index contributed by atoms with van der Waals surface area (Å²) in [6.45, 7) is 2.91. The van der Waals surface area contributed by atoms with Crippen molar-refractivity contribution in [3.05, 3.63) is 89.0 Å². The molecule has 0 saturated heterocycles. The fourth-order valence-corrected chi connectivity index (χ4v) is 10.7. The highest BCUT2D eigenvalue weighted by atomic mass is 16.4. The number of hydrogen-bond acceptors (Lipinski definition) is 7. The molecule has 6 rings (SSSR count). The van der Waals surface area contributed by atoms with E-state index in [4.69, 9.17) is 5.73 Å². The van der Waals surface area contributed by atoms with Gasteiger partial charge in [0.2, 0.25) is 0 Å². The van der Waals surface area contributed by atoms with Crippen molar-refractivity contribution in [3.8, 4) is 5.75 Å². The van der Waals surface area contributed by atoms with E-state index in [1.165, 1.54) is 24.8 Å². The van der Waals surface area contributed by atoms with Gasteiger partial charge in [0.25, 0.3) is 0 Å². The van der Waals surface area contributed by atoms with Crippen LogP contribution in [0.25, 0.3) is 0 Å². The SMILES string of the molecule is CCCCCC1C=CC(CCCCCC(C(=O)O)C(O)C2CCC3C(CC4=CCNC(N)=C4)CC(Cc4cc(Cc5ccc(O)cc5)c[nH]4)C3(O)C2)C(O)C1. The molecule has 9 N–H and O–H groups in total. The van der Waals surface area contributed by atoms with Crippen LogP contribution in [0.2, 0.25) is 0 Å². The number of aliphatic hydroxyl groups excluding tert-OH is 2. The van der Waals surface area contributed by atoms with E-state index in [0.29, 0.717) is 50.4 Å². The number of dihydropyridines is 1. The Balaban J connectivity index is 1.07. The van der Waals surface area contributed by atoms with Gasteiger partial charge in [-0.25, -0.2) is 0 Å². The van der Waals surface area contributed by atoms with Crippen LogP contribution in [0.15, 0.2) is 72.2 Å². The average Bonchev–Trinajstić information content (AvgIpc) is 3.71. The number of carboxylic acid groups (broad SMARTS) is 1. The Morgan fingerprint density at radius 3 is 2.55 bits per heavy atom. The normalized spacial score (nSPS) is 30.2. The maximum atomic E-state index is 12.8. The van der Waals surface area contributed by atoms with Crippen molar-refractivity contribution in [2.45, 2.75) is 134 Å². The quantitative estimate of drug-likeness (QED) is 0.0538. The number of allylic oxidation sites excluding steroid dienone is 3. The average molecular weight is 758 g/mol. The predicted octanol–water partition coefficient (Wildman–Crippen LogP) is 7.50. The van der Waals surface area contributed by atoms with Gasteiger partial charge in [0.15, 0.2) is 0 Å². The van der Waals surface area contributed by atoms with Gasteiger partial charge in [0.1, 0.15) is 5.75 Å². The fraction of sp³-hybridized carbons (Fsp3) is 0.630. The molecule has 10 atom stereocenters. The number of aromatic nitrogens is 1. The van der Waals surface area contributed by atoms with Crippen LogP contribution in [0.4, 0.5) is 0 Å². The zero-order valence-electron chi connectivity index (χ0n) is 32.9. The first-order valence-corrected chi connectivity index (χ1v) is 21.4. The van der Waals surface area contributed by atoms with Gasteiger partial charge in [0, 0.05) is 24.4 Å². The third-order valence-electron chi connectivity index (χ3n) is 13.7. The smallest absolute Gasteiger partial charge is 0.309 e. The number of aliphatic hydroxyl groups is 3. The lowest BCUT2D eigenvalue weighted by Gasteiger charge is -2.45. The highest BCUT2D eigenvalue weighted by Crippen LogP contribution is 2.57. The van der Waals surface area contributed by atoms with Crippen LogP contribution in [-0.4, -0.2) is 60.8 Å². The highest BCUT2D eigenvalue weighted by molar-refractivity contribution is 5.70. The number of aromatic hydroxyl groups is 1. The Morgan fingerprint density at radius 2 is 1.80 bits per heavy atom. The molecule has 4 aliphatic rings. The lowest BCUT2D eigenvalue weighted by atomic mass is 9.64. The van der Waals surface area contributed by atoms with E-state index in [-0.39, 0.29) is 41.4 Å². The summed E-state index contributed by atoms with van der Waals surface area (Å²) in [5.41, 5.74) is 9.59. The third kappa shape index (κ3) is 10.7. The van der Waals surface area contributed by atoms with Crippen molar-refractivity contribution in [2.24, 2.45) is 47.2 Å². The molecular weight excluding hydrogens is 691 g/mol. The van der Waals surface area contributed by atoms with Crippen molar-refractivity contribution in [1.29, 1.82) is 0 Å². The lowest BCUT2D eigenvalue weighted by molar-refractivity contribution is -0.152. The number of benzene rings is 1. The summed E-state index contributed by atoms with van der Waals surface area (Å²) in [5, 5.41) is 58.5. The second kappa shape index (κ2) is 19.1. The summed E-state index contributed by atoms with van der Waals surface area (Å²) in [4.78, 5) is 16.1. The number of H-pyrrole nitrogens is 1. The summed E-state index contributed by atoms with van der Waals surface area (Å²) < 4.78 is 0. The number of unbranched alkanes of at least 4 members (excludes halogenated alkanes) is 4. The van der Waals surface area contributed by atoms with Crippen LogP contribution in [-0.2, 0) is 17.6 Å².